The van der Waals surface area contributed by atoms with Crippen LogP contribution in [0.2, 0.25) is 0 Å². The number of anilines is 2. The minimum absolute atomic E-state index is 0.0627. The molecule has 1 atom stereocenters. The third kappa shape index (κ3) is 9.08. The number of carbonyl (C=O) groups is 1. The van der Waals surface area contributed by atoms with E-state index in [0.717, 1.165) is 38.4 Å². The Kier molecular flexibility index (Phi) is 11.4. The van der Waals surface area contributed by atoms with Crippen LogP contribution in [-0.2, 0) is 26.0 Å². The fourth-order valence-electron chi connectivity index (χ4n) is 5.69. The smallest absolute Gasteiger partial charge is 0.276 e. The number of halogens is 3. The zero-order chi connectivity index (χ0) is 32.6. The van der Waals surface area contributed by atoms with Crippen LogP contribution in [-0.4, -0.2) is 79.6 Å². The highest BCUT2D eigenvalue weighted by Gasteiger charge is 2.48. The van der Waals surface area contributed by atoms with Crippen LogP contribution >= 0.6 is 34.8 Å². The van der Waals surface area contributed by atoms with Crippen molar-refractivity contribution in [2.75, 3.05) is 56.2 Å². The van der Waals surface area contributed by atoms with Gasteiger partial charge in [-0.1, -0.05) is 89.4 Å². The molecule has 1 heterocycles. The second-order valence-electron chi connectivity index (χ2n) is 11.2. The summed E-state index contributed by atoms with van der Waals surface area (Å²) in [6.07, 6.45) is 2.42. The lowest BCUT2D eigenvalue weighted by Gasteiger charge is -2.42. The maximum atomic E-state index is 13.8. The molecule has 46 heavy (non-hydrogen) atoms. The van der Waals surface area contributed by atoms with Crippen molar-refractivity contribution in [1.29, 1.82) is 0 Å². The van der Waals surface area contributed by atoms with Crippen LogP contribution in [0.15, 0.2) is 95.9 Å². The van der Waals surface area contributed by atoms with E-state index in [1.54, 1.807) is 36.4 Å². The Hall–Kier alpha value is -2.99. The number of alkyl halides is 3. The lowest BCUT2D eigenvalue weighted by Crippen LogP contribution is -2.56. The molecule has 3 aromatic rings. The standard InChI is InChI=1S/C33H37Cl3N4O5S/c34-33(35,36)31(41)40(25-37-28-12-7-13-29(22-28)45-21-18-39-16-19-44-20-17-39)32(23-26-8-3-1-4-9-26)15-14-30(24-32)46(42,43)38-27-10-5-2-6-11-27/h1-13,22,24,37-38H,14-21,23,25H2. The van der Waals surface area contributed by atoms with E-state index in [1.165, 1.54) is 4.90 Å². The number of hydrogen-bond acceptors (Lipinski definition) is 7. The summed E-state index contributed by atoms with van der Waals surface area (Å²) in [7, 11) is -3.93. The number of ether oxygens (including phenoxy) is 2. The Labute approximate surface area is 285 Å². The number of sulfonamides is 1. The number of hydrogen-bond donors (Lipinski definition) is 2. The van der Waals surface area contributed by atoms with E-state index in [-0.39, 0.29) is 18.0 Å². The number of allylic oxidation sites excluding steroid dienone is 1. The number of benzene rings is 3. The summed E-state index contributed by atoms with van der Waals surface area (Å²) in [6.45, 7) is 4.44. The summed E-state index contributed by atoms with van der Waals surface area (Å²) in [4.78, 5) is 17.7. The highest BCUT2D eigenvalue weighted by Crippen LogP contribution is 2.42. The molecule has 9 nitrogen and oxygen atoms in total. The molecule has 1 aliphatic heterocycles. The number of amides is 1. The van der Waals surface area contributed by atoms with Crippen molar-refractivity contribution >= 4 is 62.1 Å². The molecule has 1 amide bonds. The largest absolute Gasteiger partial charge is 0.492 e. The van der Waals surface area contributed by atoms with Gasteiger partial charge in [0.15, 0.2) is 0 Å². The zero-order valence-corrected chi connectivity index (χ0v) is 28.3. The van der Waals surface area contributed by atoms with Gasteiger partial charge in [0.25, 0.3) is 19.7 Å². The molecule has 0 aromatic heterocycles. The minimum Gasteiger partial charge on any atom is -0.492 e. The van der Waals surface area contributed by atoms with Crippen LogP contribution in [0.4, 0.5) is 11.4 Å². The molecule has 1 fully saturated rings. The van der Waals surface area contributed by atoms with Crippen molar-refractivity contribution in [3.63, 3.8) is 0 Å². The van der Waals surface area contributed by atoms with Crippen molar-refractivity contribution in [2.24, 2.45) is 0 Å². The summed E-state index contributed by atoms with van der Waals surface area (Å²) in [5.74, 6) is -0.109. The topological polar surface area (TPSA) is 100 Å². The van der Waals surface area contributed by atoms with E-state index in [4.69, 9.17) is 44.3 Å². The van der Waals surface area contributed by atoms with Crippen molar-refractivity contribution in [2.45, 2.75) is 28.6 Å². The maximum absolute atomic E-state index is 13.8. The highest BCUT2D eigenvalue weighted by molar-refractivity contribution is 7.96. The lowest BCUT2D eigenvalue weighted by atomic mass is 9.88. The molecule has 246 valence electrons. The van der Waals surface area contributed by atoms with E-state index in [0.29, 0.717) is 36.6 Å². The average Bonchev–Trinajstić information content (AvgIpc) is 3.48. The monoisotopic (exact) mass is 706 g/mol. The molecule has 3 aromatic carbocycles. The third-order valence-electron chi connectivity index (χ3n) is 8.04. The molecule has 2 aliphatic rings. The number of para-hydroxylation sites is 1. The first-order valence-corrected chi connectivity index (χ1v) is 17.6. The summed E-state index contributed by atoms with van der Waals surface area (Å²) in [5.41, 5.74) is 0.891. The SMILES string of the molecule is O=C(N(CNc1cccc(OCCN2CCOCC2)c1)C1(Cc2ccccc2)C=C(S(=O)(=O)Nc2ccccc2)CC1)C(Cl)(Cl)Cl. The van der Waals surface area contributed by atoms with Crippen LogP contribution in [0, 0.1) is 0 Å². The van der Waals surface area contributed by atoms with Gasteiger partial charge in [-0.15, -0.1) is 0 Å². The number of carbonyl (C=O) groups excluding carboxylic acids is 1. The highest BCUT2D eigenvalue weighted by atomic mass is 35.6. The molecule has 0 bridgehead atoms. The predicted octanol–water partition coefficient (Wildman–Crippen LogP) is 6.07. The van der Waals surface area contributed by atoms with E-state index in [9.17, 15) is 13.2 Å². The number of nitrogens with one attached hydrogen (secondary N) is 2. The van der Waals surface area contributed by atoms with Gasteiger partial charge in [0, 0.05) is 37.1 Å². The fraction of sp³-hybridized carbons (Fsp3) is 0.364. The molecule has 0 radical (unpaired) electrons. The van der Waals surface area contributed by atoms with Gasteiger partial charge in [0.1, 0.15) is 12.4 Å². The van der Waals surface area contributed by atoms with Gasteiger partial charge in [-0.3, -0.25) is 14.4 Å². The molecular weight excluding hydrogens is 671 g/mol. The summed E-state index contributed by atoms with van der Waals surface area (Å²) < 4.78 is 38.8. The van der Waals surface area contributed by atoms with Crippen molar-refractivity contribution in [1.82, 2.24) is 9.80 Å². The molecule has 1 unspecified atom stereocenters. The van der Waals surface area contributed by atoms with Crippen LogP contribution in [0.1, 0.15) is 18.4 Å². The molecule has 13 heteroatoms. The van der Waals surface area contributed by atoms with Gasteiger partial charge in [0.05, 0.1) is 30.3 Å². The van der Waals surface area contributed by atoms with E-state index in [2.05, 4.69) is 14.9 Å². The molecule has 1 saturated heterocycles. The Bertz CT molecular complexity index is 1600. The first-order valence-electron chi connectivity index (χ1n) is 15.0. The average molecular weight is 708 g/mol. The summed E-state index contributed by atoms with van der Waals surface area (Å²) in [6, 6.07) is 25.6. The molecular formula is C33H37Cl3N4O5S. The quantitative estimate of drug-likeness (QED) is 0.165. The Morgan fingerprint density at radius 1 is 0.957 bits per heavy atom. The van der Waals surface area contributed by atoms with Gasteiger partial charge < -0.3 is 19.7 Å². The van der Waals surface area contributed by atoms with Crippen LogP contribution in [0.5, 0.6) is 5.75 Å². The van der Waals surface area contributed by atoms with E-state index >= 15 is 0 Å². The second-order valence-corrected chi connectivity index (χ2v) is 15.3. The normalized spacial score (nSPS) is 18.9. The van der Waals surface area contributed by atoms with Gasteiger partial charge in [-0.25, -0.2) is 8.42 Å². The van der Waals surface area contributed by atoms with Crippen molar-refractivity contribution in [3.05, 3.63) is 101 Å². The third-order valence-corrected chi connectivity index (χ3v) is 10.0. The zero-order valence-electron chi connectivity index (χ0n) is 25.2. The van der Waals surface area contributed by atoms with Gasteiger partial charge in [0.2, 0.25) is 0 Å². The van der Waals surface area contributed by atoms with Crippen LogP contribution < -0.4 is 14.8 Å². The lowest BCUT2D eigenvalue weighted by molar-refractivity contribution is -0.134. The number of rotatable bonds is 13. The maximum Gasteiger partial charge on any atom is 0.276 e. The van der Waals surface area contributed by atoms with E-state index < -0.39 is 25.3 Å². The fourth-order valence-corrected chi connectivity index (χ4v) is 7.32. The summed E-state index contributed by atoms with van der Waals surface area (Å²) in [5, 5.41) is 3.29. The van der Waals surface area contributed by atoms with Gasteiger partial charge >= 0.3 is 0 Å². The molecule has 0 saturated carbocycles. The Morgan fingerprint density at radius 3 is 2.33 bits per heavy atom. The van der Waals surface area contributed by atoms with Crippen LogP contribution in [0.25, 0.3) is 0 Å². The number of nitrogens with zero attached hydrogens (tertiary/aromatic N) is 2. The van der Waals surface area contributed by atoms with Crippen LogP contribution in [0.3, 0.4) is 0 Å². The van der Waals surface area contributed by atoms with Gasteiger partial charge in [-0.05, 0) is 55.2 Å². The first-order chi connectivity index (χ1) is 22.0. The van der Waals surface area contributed by atoms with Crippen molar-refractivity contribution in [3.8, 4) is 5.75 Å². The van der Waals surface area contributed by atoms with Crippen molar-refractivity contribution < 1.29 is 22.7 Å². The first kappa shape index (κ1) is 34.3. The molecule has 1 aliphatic carbocycles. The molecule has 2 N–H and O–H groups in total. The second kappa shape index (κ2) is 15.3. The molecule has 0 spiro atoms. The van der Waals surface area contributed by atoms with Gasteiger partial charge in [-0.2, -0.15) is 0 Å². The predicted molar refractivity (Wildman–Crippen MR) is 184 cm³/mol. The summed E-state index contributed by atoms with van der Waals surface area (Å²) >= 11 is 18.6. The molecule has 5 rings (SSSR count). The number of morpholine rings is 1. The minimum atomic E-state index is -3.93. The Morgan fingerprint density at radius 2 is 1.63 bits per heavy atom. The Balaban J connectivity index is 1.40. The van der Waals surface area contributed by atoms with E-state index in [1.807, 2.05) is 54.6 Å².